The second-order valence-electron chi connectivity index (χ2n) is 8.64. The number of nitrogens with zero attached hydrogens (tertiary/aromatic N) is 1. The molecule has 0 fully saturated rings. The lowest BCUT2D eigenvalue weighted by molar-refractivity contribution is -0.192. The summed E-state index contributed by atoms with van der Waals surface area (Å²) in [6.45, 7) is 0.769. The minimum absolute atomic E-state index is 0.00298. The Balaban J connectivity index is 0.000000559. The number of carboxylic acid groups (broad SMARTS) is 1. The van der Waals surface area contributed by atoms with E-state index in [1.54, 1.807) is 18.2 Å². The van der Waals surface area contributed by atoms with Gasteiger partial charge in [-0.3, -0.25) is 15.6 Å². The zero-order valence-corrected chi connectivity index (χ0v) is 20.9. The number of carbonyl (C=O) groups is 2. The lowest BCUT2D eigenvalue weighted by Gasteiger charge is -2.13. The van der Waals surface area contributed by atoms with E-state index < -0.39 is 12.1 Å². The van der Waals surface area contributed by atoms with E-state index in [1.165, 1.54) is 0 Å². The first-order valence-electron chi connectivity index (χ1n) is 11.6. The summed E-state index contributed by atoms with van der Waals surface area (Å²) in [5, 5.41) is 26.1. The van der Waals surface area contributed by atoms with Gasteiger partial charge in [0.15, 0.2) is 0 Å². The van der Waals surface area contributed by atoms with Gasteiger partial charge in [0.1, 0.15) is 17.4 Å². The van der Waals surface area contributed by atoms with Crippen LogP contribution in [-0.2, 0) is 17.9 Å². The lowest BCUT2D eigenvalue weighted by Crippen LogP contribution is -2.25. The van der Waals surface area contributed by atoms with Gasteiger partial charge in [-0.1, -0.05) is 42.5 Å². The van der Waals surface area contributed by atoms with Gasteiger partial charge < -0.3 is 32.2 Å². The number of amides is 1. The highest BCUT2D eigenvalue weighted by Crippen LogP contribution is 2.24. The maximum atomic E-state index is 13.2. The predicted molar refractivity (Wildman–Crippen MR) is 145 cm³/mol. The summed E-state index contributed by atoms with van der Waals surface area (Å²) in [5.74, 6) is -2.98. The topological polar surface area (TPSA) is 197 Å². The number of nitrogens with one attached hydrogen (secondary N) is 3. The van der Waals surface area contributed by atoms with Gasteiger partial charge in [0.2, 0.25) is 0 Å². The van der Waals surface area contributed by atoms with Crippen LogP contribution in [0.3, 0.4) is 0 Å². The quantitative estimate of drug-likeness (QED) is 0.104. The van der Waals surface area contributed by atoms with Crippen LogP contribution in [0.15, 0.2) is 72.8 Å². The number of benzene rings is 3. The Morgan fingerprint density at radius 2 is 1.50 bits per heavy atom. The minimum Gasteiger partial charge on any atom is -0.475 e. The number of aromatic nitrogens is 1. The molecule has 0 aliphatic heterocycles. The monoisotopic (exact) mass is 553 g/mol. The molecule has 0 aliphatic rings. The Morgan fingerprint density at radius 1 is 0.875 bits per heavy atom. The van der Waals surface area contributed by atoms with Crippen LogP contribution < -0.4 is 22.5 Å². The molecule has 13 heteroatoms. The van der Waals surface area contributed by atoms with Crippen molar-refractivity contribution < 1.29 is 27.9 Å². The fourth-order valence-corrected chi connectivity index (χ4v) is 3.74. The number of fused-ring (bicyclic) bond motifs is 1. The highest BCUT2D eigenvalue weighted by atomic mass is 19.4. The second-order valence-corrected chi connectivity index (χ2v) is 8.64. The molecule has 10 N–H and O–H groups in total. The van der Waals surface area contributed by atoms with Crippen molar-refractivity contribution in [1.82, 2.24) is 9.88 Å². The van der Waals surface area contributed by atoms with Crippen molar-refractivity contribution in [2.45, 2.75) is 19.3 Å². The van der Waals surface area contributed by atoms with Crippen molar-refractivity contribution in [2.75, 3.05) is 5.73 Å². The van der Waals surface area contributed by atoms with Crippen molar-refractivity contribution in [3.05, 3.63) is 101 Å². The third kappa shape index (κ3) is 7.37. The van der Waals surface area contributed by atoms with Crippen LogP contribution in [0.25, 0.3) is 10.9 Å². The summed E-state index contributed by atoms with van der Waals surface area (Å²) in [4.78, 5) is 22.1. The molecular weight excluding hydrogens is 527 g/mol. The van der Waals surface area contributed by atoms with Crippen LogP contribution in [0.2, 0.25) is 0 Å². The molecule has 4 rings (SSSR count). The molecule has 1 aromatic heterocycles. The molecular formula is C27H26F3N7O3. The lowest BCUT2D eigenvalue weighted by atomic mass is 10.1. The smallest absolute Gasteiger partial charge is 0.475 e. The summed E-state index contributed by atoms with van der Waals surface area (Å²) >= 11 is 0. The fourth-order valence-electron chi connectivity index (χ4n) is 3.74. The third-order valence-electron chi connectivity index (χ3n) is 5.70. The first kappa shape index (κ1) is 29.2. The number of carboxylic acids is 1. The summed E-state index contributed by atoms with van der Waals surface area (Å²) in [6.07, 6.45) is -5.08. The third-order valence-corrected chi connectivity index (χ3v) is 5.70. The normalized spacial score (nSPS) is 10.9. The Hall–Kier alpha value is -5.33. The van der Waals surface area contributed by atoms with Crippen LogP contribution in [0.5, 0.6) is 0 Å². The number of carbonyl (C=O) groups excluding carboxylic acids is 1. The largest absolute Gasteiger partial charge is 0.490 e. The summed E-state index contributed by atoms with van der Waals surface area (Å²) < 4.78 is 33.7. The molecule has 4 aromatic rings. The maximum absolute atomic E-state index is 13.2. The number of hydrogen-bond donors (Lipinski definition) is 7. The molecule has 0 atom stereocenters. The number of rotatable bonds is 7. The average molecular weight is 554 g/mol. The van der Waals surface area contributed by atoms with Crippen LogP contribution in [0, 0.1) is 10.8 Å². The molecule has 0 bridgehead atoms. The van der Waals surface area contributed by atoms with Gasteiger partial charge in [-0.25, -0.2) is 4.79 Å². The standard InChI is InChI=1S/C25H25N7O.C2HF3O2/c26-20-8-9-21-19(11-20)12-22(32(21)14-16-2-1-3-18(10-16)24(29)30)25(33)31-13-15-4-6-17(7-5-15)23(27)28;3-2(4,5)1(6)7/h1-12H,13-14,26H2,(H3,27,28)(H3,29,30)(H,31,33);(H,6,7). The number of halogens is 3. The van der Waals surface area contributed by atoms with E-state index >= 15 is 0 Å². The van der Waals surface area contributed by atoms with E-state index in [1.807, 2.05) is 59.2 Å². The molecule has 0 radical (unpaired) electrons. The van der Waals surface area contributed by atoms with Crippen LogP contribution in [-0.4, -0.2) is 39.4 Å². The summed E-state index contributed by atoms with van der Waals surface area (Å²) in [6, 6.07) is 22.0. The number of amidine groups is 2. The van der Waals surface area contributed by atoms with Gasteiger partial charge in [0.25, 0.3) is 5.91 Å². The van der Waals surface area contributed by atoms with Crippen molar-refractivity contribution >= 4 is 40.1 Å². The van der Waals surface area contributed by atoms with E-state index in [9.17, 15) is 18.0 Å². The predicted octanol–water partition coefficient (Wildman–Crippen LogP) is 3.40. The van der Waals surface area contributed by atoms with Gasteiger partial charge in [-0.2, -0.15) is 13.2 Å². The van der Waals surface area contributed by atoms with Crippen LogP contribution in [0.1, 0.15) is 32.7 Å². The van der Waals surface area contributed by atoms with Gasteiger partial charge in [0.05, 0.1) is 0 Å². The van der Waals surface area contributed by atoms with E-state index in [0.717, 1.165) is 22.0 Å². The van der Waals surface area contributed by atoms with E-state index in [0.29, 0.717) is 35.6 Å². The maximum Gasteiger partial charge on any atom is 0.490 e. The number of anilines is 1. The van der Waals surface area contributed by atoms with Crippen LogP contribution in [0.4, 0.5) is 18.9 Å². The van der Waals surface area contributed by atoms with E-state index in [2.05, 4.69) is 5.32 Å². The Kier molecular flexibility index (Phi) is 8.79. The first-order chi connectivity index (χ1) is 18.8. The SMILES string of the molecule is N=C(N)c1ccc(CNC(=O)c2cc3cc(N)ccc3n2Cc2cccc(C(=N)N)c2)cc1.O=C(O)C(F)(F)F. The Morgan fingerprint density at radius 3 is 2.08 bits per heavy atom. The second kappa shape index (κ2) is 12.0. The average Bonchev–Trinajstić information content (AvgIpc) is 3.24. The minimum atomic E-state index is -5.08. The molecule has 0 saturated heterocycles. The number of aliphatic carboxylic acids is 1. The molecule has 1 heterocycles. The molecule has 3 aromatic carbocycles. The van der Waals surface area contributed by atoms with Gasteiger partial charge in [0, 0.05) is 40.8 Å². The van der Waals surface area contributed by atoms with E-state index in [-0.39, 0.29) is 17.6 Å². The first-order valence-corrected chi connectivity index (χ1v) is 11.6. The van der Waals surface area contributed by atoms with Gasteiger partial charge in [-0.05, 0) is 41.5 Å². The molecule has 10 nitrogen and oxygen atoms in total. The molecule has 40 heavy (non-hydrogen) atoms. The molecule has 0 spiro atoms. The van der Waals surface area contributed by atoms with Gasteiger partial charge in [-0.15, -0.1) is 0 Å². The summed E-state index contributed by atoms with van der Waals surface area (Å²) in [5.41, 5.74) is 22.2. The van der Waals surface area contributed by atoms with Crippen molar-refractivity contribution in [3.8, 4) is 0 Å². The van der Waals surface area contributed by atoms with Crippen molar-refractivity contribution in [2.24, 2.45) is 11.5 Å². The molecule has 0 unspecified atom stereocenters. The zero-order valence-electron chi connectivity index (χ0n) is 20.9. The number of hydrogen-bond acceptors (Lipinski definition) is 5. The highest BCUT2D eigenvalue weighted by Gasteiger charge is 2.38. The molecule has 208 valence electrons. The fraction of sp³-hybridized carbons (Fsp3) is 0.111. The number of nitrogen functional groups attached to an aromatic ring is 3. The highest BCUT2D eigenvalue weighted by molar-refractivity contribution is 5.99. The zero-order chi connectivity index (χ0) is 29.6. The van der Waals surface area contributed by atoms with Gasteiger partial charge >= 0.3 is 12.1 Å². The molecule has 1 amide bonds. The molecule has 0 aliphatic carbocycles. The molecule has 0 saturated carbocycles. The van der Waals surface area contributed by atoms with E-state index in [4.69, 9.17) is 37.9 Å². The number of alkyl halides is 3. The van der Waals surface area contributed by atoms with Crippen molar-refractivity contribution in [1.29, 1.82) is 10.8 Å². The Labute approximate surface area is 226 Å². The summed E-state index contributed by atoms with van der Waals surface area (Å²) in [7, 11) is 0. The van der Waals surface area contributed by atoms with Crippen molar-refractivity contribution in [3.63, 3.8) is 0 Å². The van der Waals surface area contributed by atoms with Crippen LogP contribution >= 0.6 is 0 Å². The Bertz CT molecular complexity index is 1580. The number of nitrogens with two attached hydrogens (primary N) is 3.